The Morgan fingerprint density at radius 2 is 1.74 bits per heavy atom. The fraction of sp³-hybridized carbons (Fsp3) is 0.300. The van der Waals surface area contributed by atoms with Gasteiger partial charge in [0.1, 0.15) is 6.54 Å². The Morgan fingerprint density at radius 1 is 1.04 bits per heavy atom. The molecular weight excluding hydrogens is 364 g/mol. The van der Waals surface area contributed by atoms with E-state index in [4.69, 9.17) is 4.42 Å². The number of benzene rings is 1. The number of nitrogens with zero attached hydrogens (tertiary/aromatic N) is 2. The van der Waals surface area contributed by atoms with Crippen LogP contribution >= 0.6 is 0 Å². The lowest BCUT2D eigenvalue weighted by Crippen LogP contribution is -2.33. The zero-order valence-corrected chi connectivity index (χ0v) is 16.4. The smallest absolute Gasteiger partial charge is 0.227 e. The summed E-state index contributed by atoms with van der Waals surface area (Å²) in [5.74, 6) is 0.931. The highest BCUT2D eigenvalue weighted by Gasteiger charge is 2.15. The monoisotopic (exact) mass is 386 g/mol. The van der Waals surface area contributed by atoms with E-state index in [2.05, 4.69) is 31.0 Å². The molecule has 0 amide bonds. The summed E-state index contributed by atoms with van der Waals surface area (Å²) in [5.41, 5.74) is 5.09. The molecule has 0 aliphatic heterocycles. The zero-order chi connectivity index (χ0) is 19.6. The van der Waals surface area contributed by atoms with E-state index in [1.54, 1.807) is 0 Å². The maximum atomic E-state index is 10.7. The first kappa shape index (κ1) is 19.3. The summed E-state index contributed by atoms with van der Waals surface area (Å²) in [5, 5.41) is 0. The number of rotatable bonds is 6. The molecule has 6 nitrogen and oxygen atoms in total. The Bertz CT molecular complexity index is 1050. The second-order valence-electron chi connectivity index (χ2n) is 6.67. The van der Waals surface area contributed by atoms with Gasteiger partial charge in [0, 0.05) is 35.4 Å². The summed E-state index contributed by atoms with van der Waals surface area (Å²) >= 11 is 0. The van der Waals surface area contributed by atoms with Crippen LogP contribution in [0.1, 0.15) is 23.2 Å². The molecule has 7 heteroatoms. The van der Waals surface area contributed by atoms with Gasteiger partial charge in [0.15, 0.2) is 18.2 Å². The van der Waals surface area contributed by atoms with E-state index < -0.39 is 10.1 Å². The largest absolute Gasteiger partial charge is 0.748 e. The van der Waals surface area contributed by atoms with E-state index in [0.717, 1.165) is 22.6 Å². The molecule has 1 aromatic carbocycles. The van der Waals surface area contributed by atoms with Crippen LogP contribution in [0.15, 0.2) is 47.1 Å². The molecule has 0 aliphatic carbocycles. The van der Waals surface area contributed by atoms with Crippen molar-refractivity contribution in [3.63, 3.8) is 0 Å². The fourth-order valence-corrected chi connectivity index (χ4v) is 3.33. The molecular formula is C20H22N2O4S. The van der Waals surface area contributed by atoms with Crippen molar-refractivity contribution < 1.29 is 22.0 Å². The van der Waals surface area contributed by atoms with Gasteiger partial charge >= 0.3 is 0 Å². The molecule has 0 fully saturated rings. The van der Waals surface area contributed by atoms with Crippen LogP contribution in [0.5, 0.6) is 0 Å². The minimum absolute atomic E-state index is 0.283. The van der Waals surface area contributed by atoms with Crippen LogP contribution in [0.2, 0.25) is 0 Å². The summed E-state index contributed by atoms with van der Waals surface area (Å²) < 4.78 is 39.8. The highest BCUT2D eigenvalue weighted by molar-refractivity contribution is 7.85. The van der Waals surface area contributed by atoms with Crippen molar-refractivity contribution in [1.82, 2.24) is 4.98 Å². The molecule has 0 saturated carbocycles. The van der Waals surface area contributed by atoms with Crippen molar-refractivity contribution >= 4 is 10.1 Å². The summed E-state index contributed by atoms with van der Waals surface area (Å²) in [6.07, 6.45) is 3.93. The van der Waals surface area contributed by atoms with E-state index >= 15 is 0 Å². The van der Waals surface area contributed by atoms with Gasteiger partial charge in [-0.05, 0) is 38.0 Å². The third-order valence-electron chi connectivity index (χ3n) is 4.51. The number of aromatic nitrogens is 2. The SMILES string of the molecule is Cc1ccc(-c2oc(-c3cc[n+](CCCS(=O)(=O)[O-])cc3)nc2C)cc1C. The maximum Gasteiger partial charge on any atom is 0.227 e. The maximum absolute atomic E-state index is 10.7. The average molecular weight is 386 g/mol. The predicted molar refractivity (Wildman–Crippen MR) is 101 cm³/mol. The van der Waals surface area contributed by atoms with Crippen LogP contribution < -0.4 is 4.57 Å². The highest BCUT2D eigenvalue weighted by Crippen LogP contribution is 2.30. The first-order chi connectivity index (χ1) is 12.7. The van der Waals surface area contributed by atoms with Crippen molar-refractivity contribution in [2.24, 2.45) is 0 Å². The minimum Gasteiger partial charge on any atom is -0.748 e. The summed E-state index contributed by atoms with van der Waals surface area (Å²) in [7, 11) is -4.17. The molecule has 27 heavy (non-hydrogen) atoms. The Kier molecular flexibility index (Phi) is 5.43. The quantitative estimate of drug-likeness (QED) is 0.480. The number of hydrogen-bond donors (Lipinski definition) is 0. The molecule has 0 spiro atoms. The first-order valence-corrected chi connectivity index (χ1v) is 10.3. The van der Waals surface area contributed by atoms with Gasteiger partial charge in [0.25, 0.3) is 0 Å². The molecule has 0 N–H and O–H groups in total. The van der Waals surface area contributed by atoms with Crippen molar-refractivity contribution in [3.05, 3.63) is 59.5 Å². The molecule has 0 radical (unpaired) electrons. The summed E-state index contributed by atoms with van der Waals surface area (Å²) in [4.78, 5) is 4.54. The Hall–Kier alpha value is -2.51. The standard InChI is InChI=1S/C20H22N2O4S/c1-14-5-6-18(13-15(14)2)19-16(3)21-20(26-19)17-7-10-22(11-8-17)9-4-12-27(23,24)25/h5-8,10-11,13H,4,9,12H2,1-3H3. The van der Waals surface area contributed by atoms with Gasteiger partial charge in [-0.3, -0.25) is 0 Å². The fourth-order valence-electron chi connectivity index (χ4n) is 2.84. The van der Waals surface area contributed by atoms with Gasteiger partial charge in [0.2, 0.25) is 5.89 Å². The van der Waals surface area contributed by atoms with Gasteiger partial charge in [0.05, 0.1) is 15.8 Å². The molecule has 3 aromatic rings. The lowest BCUT2D eigenvalue weighted by atomic mass is 10.0. The topological polar surface area (TPSA) is 87.1 Å². The van der Waals surface area contributed by atoms with Gasteiger partial charge in [-0.1, -0.05) is 12.1 Å². The van der Waals surface area contributed by atoms with Crippen LogP contribution in [-0.2, 0) is 16.7 Å². The lowest BCUT2D eigenvalue weighted by molar-refractivity contribution is -0.696. The van der Waals surface area contributed by atoms with E-state index in [1.807, 2.05) is 42.1 Å². The first-order valence-electron chi connectivity index (χ1n) is 8.71. The predicted octanol–water partition coefficient (Wildman–Crippen LogP) is 3.16. The van der Waals surface area contributed by atoms with Gasteiger partial charge < -0.3 is 8.97 Å². The van der Waals surface area contributed by atoms with E-state index in [1.165, 1.54) is 11.1 Å². The number of aryl methyl sites for hydroxylation is 4. The van der Waals surface area contributed by atoms with E-state index in [-0.39, 0.29) is 12.2 Å². The Balaban J connectivity index is 1.78. The third-order valence-corrected chi connectivity index (χ3v) is 5.30. The summed E-state index contributed by atoms with van der Waals surface area (Å²) in [6.45, 7) is 6.52. The molecule has 0 saturated heterocycles. The third kappa shape index (κ3) is 4.81. The lowest BCUT2D eigenvalue weighted by Gasteiger charge is -2.04. The molecule has 0 atom stereocenters. The van der Waals surface area contributed by atoms with Crippen LogP contribution in [-0.4, -0.2) is 23.7 Å². The molecule has 0 unspecified atom stereocenters. The average Bonchev–Trinajstić information content (AvgIpc) is 2.99. The normalized spacial score (nSPS) is 11.7. The van der Waals surface area contributed by atoms with Crippen molar-refractivity contribution in [2.45, 2.75) is 33.7 Å². The van der Waals surface area contributed by atoms with Crippen LogP contribution in [0.3, 0.4) is 0 Å². The van der Waals surface area contributed by atoms with Gasteiger partial charge in [-0.2, -0.15) is 0 Å². The highest BCUT2D eigenvalue weighted by atomic mass is 32.2. The number of hydrogen-bond acceptors (Lipinski definition) is 5. The van der Waals surface area contributed by atoms with Crippen molar-refractivity contribution in [3.8, 4) is 22.8 Å². The molecule has 2 aromatic heterocycles. The molecule has 3 rings (SSSR count). The van der Waals surface area contributed by atoms with Crippen LogP contribution in [0.4, 0.5) is 0 Å². The number of oxazole rings is 1. The molecule has 2 heterocycles. The second kappa shape index (κ2) is 7.62. The molecule has 142 valence electrons. The van der Waals surface area contributed by atoms with Crippen LogP contribution in [0.25, 0.3) is 22.8 Å². The Labute approximate surface area is 159 Å². The van der Waals surface area contributed by atoms with Crippen molar-refractivity contribution in [1.29, 1.82) is 0 Å². The number of pyridine rings is 1. The second-order valence-corrected chi connectivity index (χ2v) is 8.20. The molecule has 0 bridgehead atoms. The van der Waals surface area contributed by atoms with Gasteiger partial charge in [-0.25, -0.2) is 18.0 Å². The summed E-state index contributed by atoms with van der Waals surface area (Å²) in [6, 6.07) is 9.92. The minimum atomic E-state index is -4.17. The van der Waals surface area contributed by atoms with Crippen molar-refractivity contribution in [2.75, 3.05) is 5.75 Å². The van der Waals surface area contributed by atoms with Gasteiger partial charge in [-0.15, -0.1) is 0 Å². The van der Waals surface area contributed by atoms with E-state index in [9.17, 15) is 13.0 Å². The van der Waals surface area contributed by atoms with Crippen LogP contribution in [0, 0.1) is 20.8 Å². The zero-order valence-electron chi connectivity index (χ0n) is 15.6. The molecule has 0 aliphatic rings. The Morgan fingerprint density at radius 3 is 2.37 bits per heavy atom. The van der Waals surface area contributed by atoms with E-state index in [0.29, 0.717) is 12.4 Å².